The summed E-state index contributed by atoms with van der Waals surface area (Å²) in [6.45, 7) is 5.06. The van der Waals surface area contributed by atoms with Gasteiger partial charge in [0, 0.05) is 12.2 Å². The summed E-state index contributed by atoms with van der Waals surface area (Å²) in [7, 11) is -3.79. The van der Waals surface area contributed by atoms with Gasteiger partial charge in [0.25, 0.3) is 0 Å². The first-order valence-electron chi connectivity index (χ1n) is 5.66. The van der Waals surface area contributed by atoms with Crippen molar-refractivity contribution in [1.82, 2.24) is 15.0 Å². The summed E-state index contributed by atoms with van der Waals surface area (Å²) in [6.07, 6.45) is 1.14. The first-order chi connectivity index (χ1) is 8.72. The van der Waals surface area contributed by atoms with Crippen LogP contribution >= 0.6 is 11.6 Å². The summed E-state index contributed by atoms with van der Waals surface area (Å²) in [5.74, 6) is -0.388. The van der Waals surface area contributed by atoms with E-state index < -0.39 is 16.1 Å². The van der Waals surface area contributed by atoms with E-state index in [0.29, 0.717) is 0 Å². The number of nitrogens with zero attached hydrogens (tertiary/aromatic N) is 1. The number of hydrogen-bond donors (Lipinski definition) is 2. The minimum absolute atomic E-state index is 0.0407. The maximum Gasteiger partial charge on any atom is 0.242 e. The van der Waals surface area contributed by atoms with Crippen LogP contribution in [0.25, 0.3) is 0 Å². The zero-order valence-electron chi connectivity index (χ0n) is 10.8. The molecule has 0 saturated heterocycles. The molecule has 1 unspecified atom stereocenters. The number of pyridine rings is 1. The van der Waals surface area contributed by atoms with Gasteiger partial charge in [0.05, 0.1) is 6.04 Å². The smallest absolute Gasteiger partial charge is 0.242 e. The average Bonchev–Trinajstić information content (AvgIpc) is 2.27. The van der Waals surface area contributed by atoms with Gasteiger partial charge >= 0.3 is 0 Å². The number of carbonyl (C=O) groups is 1. The van der Waals surface area contributed by atoms with Crippen LogP contribution in [0.5, 0.6) is 0 Å². The molecule has 1 heterocycles. The van der Waals surface area contributed by atoms with Crippen LogP contribution in [0.3, 0.4) is 0 Å². The Morgan fingerprint density at radius 1 is 1.32 bits per heavy atom. The van der Waals surface area contributed by atoms with E-state index in [1.54, 1.807) is 13.8 Å². The fraction of sp³-hybridized carbons (Fsp3) is 0.455. The molecule has 1 rings (SSSR count). The summed E-state index contributed by atoms with van der Waals surface area (Å²) >= 11 is 5.58. The highest BCUT2D eigenvalue weighted by molar-refractivity contribution is 7.89. The summed E-state index contributed by atoms with van der Waals surface area (Å²) < 4.78 is 26.2. The molecule has 0 aromatic carbocycles. The molecule has 19 heavy (non-hydrogen) atoms. The number of halogens is 1. The second-order valence-electron chi connectivity index (χ2n) is 4.32. The van der Waals surface area contributed by atoms with Crippen molar-refractivity contribution in [2.75, 3.05) is 0 Å². The standard InChI is InChI=1S/C11H16ClN3O3S/c1-7(2)14-11(16)8(3)15-19(17,18)9-4-5-10(12)13-6-9/h4-8,15H,1-3H3,(H,14,16). The van der Waals surface area contributed by atoms with Crippen LogP contribution in [-0.4, -0.2) is 31.4 Å². The van der Waals surface area contributed by atoms with Gasteiger partial charge in [-0.3, -0.25) is 4.79 Å². The van der Waals surface area contributed by atoms with Crippen molar-refractivity contribution in [3.05, 3.63) is 23.5 Å². The van der Waals surface area contributed by atoms with Gasteiger partial charge in [0.1, 0.15) is 10.0 Å². The van der Waals surface area contributed by atoms with E-state index in [4.69, 9.17) is 11.6 Å². The Bertz CT molecular complexity index is 543. The van der Waals surface area contributed by atoms with Gasteiger partial charge in [0.15, 0.2) is 0 Å². The normalized spacial score (nSPS) is 13.3. The molecular weight excluding hydrogens is 290 g/mol. The van der Waals surface area contributed by atoms with Crippen LogP contribution in [0.1, 0.15) is 20.8 Å². The Kier molecular flexibility index (Phi) is 5.28. The maximum absolute atomic E-state index is 12.0. The summed E-state index contributed by atoms with van der Waals surface area (Å²) in [4.78, 5) is 15.3. The molecule has 1 atom stereocenters. The van der Waals surface area contributed by atoms with Crippen molar-refractivity contribution in [3.63, 3.8) is 0 Å². The Morgan fingerprint density at radius 2 is 1.95 bits per heavy atom. The number of nitrogens with one attached hydrogen (secondary N) is 2. The third-order valence-corrected chi connectivity index (χ3v) is 3.92. The molecule has 1 aromatic rings. The van der Waals surface area contributed by atoms with E-state index in [1.807, 2.05) is 0 Å². The first kappa shape index (κ1) is 15.9. The van der Waals surface area contributed by atoms with Crippen molar-refractivity contribution in [2.24, 2.45) is 0 Å². The lowest BCUT2D eigenvalue weighted by molar-refractivity contribution is -0.122. The lowest BCUT2D eigenvalue weighted by Gasteiger charge is -2.16. The van der Waals surface area contributed by atoms with Crippen molar-refractivity contribution in [1.29, 1.82) is 0 Å². The van der Waals surface area contributed by atoms with Gasteiger partial charge < -0.3 is 5.32 Å². The lowest BCUT2D eigenvalue weighted by Crippen LogP contribution is -2.46. The quantitative estimate of drug-likeness (QED) is 0.792. The molecule has 0 aliphatic carbocycles. The average molecular weight is 306 g/mol. The molecule has 1 aromatic heterocycles. The van der Waals surface area contributed by atoms with E-state index in [-0.39, 0.29) is 22.0 Å². The van der Waals surface area contributed by atoms with E-state index >= 15 is 0 Å². The number of sulfonamides is 1. The van der Waals surface area contributed by atoms with Crippen LogP contribution < -0.4 is 10.0 Å². The molecule has 8 heteroatoms. The third-order valence-electron chi connectivity index (χ3n) is 2.17. The Balaban J connectivity index is 2.80. The van der Waals surface area contributed by atoms with Gasteiger partial charge in [-0.15, -0.1) is 0 Å². The molecule has 0 saturated carbocycles. The minimum atomic E-state index is -3.79. The second kappa shape index (κ2) is 6.31. The molecule has 0 aliphatic rings. The molecule has 106 valence electrons. The summed E-state index contributed by atoms with van der Waals surface area (Å²) in [6, 6.07) is 1.76. The van der Waals surface area contributed by atoms with Crippen molar-refractivity contribution in [2.45, 2.75) is 37.8 Å². The SMILES string of the molecule is CC(C)NC(=O)C(C)NS(=O)(=O)c1ccc(Cl)nc1. The summed E-state index contributed by atoms with van der Waals surface area (Å²) in [5.41, 5.74) is 0. The molecular formula is C11H16ClN3O3S. The third kappa shape index (κ3) is 4.77. The number of hydrogen-bond acceptors (Lipinski definition) is 4. The van der Waals surface area contributed by atoms with E-state index in [9.17, 15) is 13.2 Å². The number of aromatic nitrogens is 1. The van der Waals surface area contributed by atoms with Gasteiger partial charge in [0.2, 0.25) is 15.9 Å². The van der Waals surface area contributed by atoms with Crippen LogP contribution in [0.2, 0.25) is 5.15 Å². The van der Waals surface area contributed by atoms with Crippen LogP contribution in [0.4, 0.5) is 0 Å². The largest absolute Gasteiger partial charge is 0.353 e. The molecule has 1 amide bonds. The highest BCUT2D eigenvalue weighted by Gasteiger charge is 2.22. The first-order valence-corrected chi connectivity index (χ1v) is 7.53. The van der Waals surface area contributed by atoms with E-state index in [0.717, 1.165) is 6.20 Å². The maximum atomic E-state index is 12.0. The molecule has 0 fully saturated rings. The summed E-state index contributed by atoms with van der Waals surface area (Å²) in [5, 5.41) is 2.82. The predicted molar refractivity (Wildman–Crippen MR) is 72.3 cm³/mol. The van der Waals surface area contributed by atoms with Gasteiger partial charge in [-0.05, 0) is 32.9 Å². The number of amides is 1. The molecule has 0 aliphatic heterocycles. The Morgan fingerprint density at radius 3 is 2.42 bits per heavy atom. The van der Waals surface area contributed by atoms with Crippen LogP contribution in [0.15, 0.2) is 23.2 Å². The Labute approximate surface area is 117 Å². The van der Waals surface area contributed by atoms with Gasteiger partial charge in [-0.25, -0.2) is 13.4 Å². The van der Waals surface area contributed by atoms with Gasteiger partial charge in [-0.2, -0.15) is 4.72 Å². The van der Waals surface area contributed by atoms with Crippen LogP contribution in [-0.2, 0) is 14.8 Å². The second-order valence-corrected chi connectivity index (χ2v) is 6.42. The Hall–Kier alpha value is -1.18. The highest BCUT2D eigenvalue weighted by Crippen LogP contribution is 2.11. The zero-order valence-corrected chi connectivity index (χ0v) is 12.4. The molecule has 0 spiro atoms. The van der Waals surface area contributed by atoms with Crippen molar-refractivity contribution in [3.8, 4) is 0 Å². The van der Waals surface area contributed by atoms with Crippen molar-refractivity contribution >= 4 is 27.5 Å². The molecule has 0 radical (unpaired) electrons. The number of carbonyl (C=O) groups excluding carboxylic acids is 1. The van der Waals surface area contributed by atoms with Crippen molar-refractivity contribution < 1.29 is 13.2 Å². The predicted octanol–water partition coefficient (Wildman–Crippen LogP) is 0.926. The van der Waals surface area contributed by atoms with E-state index in [2.05, 4.69) is 15.0 Å². The molecule has 0 bridgehead atoms. The minimum Gasteiger partial charge on any atom is -0.353 e. The zero-order chi connectivity index (χ0) is 14.6. The topological polar surface area (TPSA) is 88.2 Å². The number of rotatable bonds is 5. The fourth-order valence-electron chi connectivity index (χ4n) is 1.29. The van der Waals surface area contributed by atoms with E-state index in [1.165, 1.54) is 19.1 Å². The fourth-order valence-corrected chi connectivity index (χ4v) is 2.54. The molecule has 6 nitrogen and oxygen atoms in total. The highest BCUT2D eigenvalue weighted by atomic mass is 35.5. The van der Waals surface area contributed by atoms with Crippen LogP contribution in [0, 0.1) is 0 Å². The molecule has 2 N–H and O–H groups in total. The monoisotopic (exact) mass is 305 g/mol. The lowest BCUT2D eigenvalue weighted by atomic mass is 10.3. The van der Waals surface area contributed by atoms with Gasteiger partial charge in [-0.1, -0.05) is 11.6 Å².